The number of Topliss-reactive ketones (excluding diaryl/α,β-unsaturated/α-hetero) is 1. The van der Waals surface area contributed by atoms with Crippen molar-refractivity contribution in [1.82, 2.24) is 9.80 Å². The molecule has 0 radical (unpaired) electrons. The van der Waals surface area contributed by atoms with E-state index in [0.717, 1.165) is 32.5 Å². The van der Waals surface area contributed by atoms with E-state index in [0.29, 0.717) is 6.54 Å². The van der Waals surface area contributed by atoms with Gasteiger partial charge in [0, 0.05) is 25.6 Å². The Morgan fingerprint density at radius 2 is 1.75 bits per heavy atom. The molecule has 0 bridgehead atoms. The molecule has 0 saturated carbocycles. The molecule has 0 aromatic heterocycles. The minimum Gasteiger partial charge on any atom is -0.342 e. The number of ketones is 1. The van der Waals surface area contributed by atoms with Gasteiger partial charge in [0.25, 0.3) is 0 Å². The van der Waals surface area contributed by atoms with Crippen molar-refractivity contribution in [3.63, 3.8) is 0 Å². The molecule has 0 aliphatic carbocycles. The van der Waals surface area contributed by atoms with Crippen molar-refractivity contribution in [2.75, 3.05) is 33.2 Å². The normalized spacial score (nSPS) is 31.0. The highest BCUT2D eigenvalue weighted by atomic mass is 16.2. The predicted molar refractivity (Wildman–Crippen MR) is 61.0 cm³/mol. The molecule has 4 heteroatoms. The average molecular weight is 224 g/mol. The number of hydrogen-bond acceptors (Lipinski definition) is 3. The second-order valence-electron chi connectivity index (χ2n) is 5.13. The molecule has 2 fully saturated rings. The van der Waals surface area contributed by atoms with Crippen LogP contribution in [0.4, 0.5) is 0 Å². The van der Waals surface area contributed by atoms with Crippen LogP contribution in [0, 0.1) is 11.8 Å². The van der Waals surface area contributed by atoms with Crippen molar-refractivity contribution in [1.29, 1.82) is 0 Å². The molecule has 0 aromatic carbocycles. The molecular weight excluding hydrogens is 204 g/mol. The fourth-order valence-electron chi connectivity index (χ4n) is 2.69. The lowest BCUT2D eigenvalue weighted by Crippen LogP contribution is -2.36. The van der Waals surface area contributed by atoms with Crippen LogP contribution in [-0.2, 0) is 9.59 Å². The Morgan fingerprint density at radius 3 is 2.25 bits per heavy atom. The maximum Gasteiger partial charge on any atom is 0.227 e. The van der Waals surface area contributed by atoms with Crippen LogP contribution < -0.4 is 0 Å². The molecule has 2 saturated heterocycles. The first-order chi connectivity index (χ1) is 7.58. The first kappa shape index (κ1) is 11.6. The van der Waals surface area contributed by atoms with Gasteiger partial charge in [-0.25, -0.2) is 0 Å². The molecule has 2 aliphatic rings. The third-order valence-corrected chi connectivity index (χ3v) is 3.82. The first-order valence-corrected chi connectivity index (χ1v) is 6.05. The van der Waals surface area contributed by atoms with E-state index in [-0.39, 0.29) is 23.5 Å². The summed E-state index contributed by atoms with van der Waals surface area (Å²) in [4.78, 5) is 27.5. The van der Waals surface area contributed by atoms with Crippen LogP contribution in [0.3, 0.4) is 0 Å². The molecule has 4 nitrogen and oxygen atoms in total. The van der Waals surface area contributed by atoms with Crippen molar-refractivity contribution in [2.24, 2.45) is 11.8 Å². The van der Waals surface area contributed by atoms with Crippen molar-refractivity contribution < 1.29 is 9.59 Å². The van der Waals surface area contributed by atoms with Gasteiger partial charge in [-0.05, 0) is 33.4 Å². The Balaban J connectivity index is 1.89. The number of hydrogen-bond donors (Lipinski definition) is 0. The Kier molecular flexibility index (Phi) is 3.28. The molecular formula is C12H20N2O2. The zero-order valence-corrected chi connectivity index (χ0v) is 10.1. The summed E-state index contributed by atoms with van der Waals surface area (Å²) in [6.45, 7) is 4.93. The molecule has 16 heavy (non-hydrogen) atoms. The van der Waals surface area contributed by atoms with Crippen LogP contribution in [0.5, 0.6) is 0 Å². The number of amides is 1. The van der Waals surface area contributed by atoms with E-state index >= 15 is 0 Å². The second-order valence-corrected chi connectivity index (χ2v) is 5.13. The van der Waals surface area contributed by atoms with Crippen LogP contribution in [-0.4, -0.2) is 54.7 Å². The average Bonchev–Trinajstić information content (AvgIpc) is 2.84. The molecule has 1 amide bonds. The van der Waals surface area contributed by atoms with Gasteiger partial charge in [-0.3, -0.25) is 9.59 Å². The van der Waals surface area contributed by atoms with Gasteiger partial charge >= 0.3 is 0 Å². The number of carbonyl (C=O) groups excluding carboxylic acids is 2. The highest BCUT2D eigenvalue weighted by Crippen LogP contribution is 2.23. The van der Waals surface area contributed by atoms with E-state index in [4.69, 9.17) is 0 Å². The summed E-state index contributed by atoms with van der Waals surface area (Å²) in [5, 5.41) is 0. The lowest BCUT2D eigenvalue weighted by Gasteiger charge is -2.20. The van der Waals surface area contributed by atoms with Crippen molar-refractivity contribution in [3.05, 3.63) is 0 Å². The molecule has 2 heterocycles. The van der Waals surface area contributed by atoms with Gasteiger partial charge in [-0.1, -0.05) is 0 Å². The van der Waals surface area contributed by atoms with Gasteiger partial charge in [0.1, 0.15) is 5.78 Å². The monoisotopic (exact) mass is 224 g/mol. The maximum absolute atomic E-state index is 12.1. The summed E-state index contributed by atoms with van der Waals surface area (Å²) >= 11 is 0. The summed E-state index contributed by atoms with van der Waals surface area (Å²) in [6, 6.07) is 0. The van der Waals surface area contributed by atoms with Crippen LogP contribution >= 0.6 is 0 Å². The topological polar surface area (TPSA) is 40.6 Å². The summed E-state index contributed by atoms with van der Waals surface area (Å²) in [7, 11) is 2.05. The summed E-state index contributed by atoms with van der Waals surface area (Å²) in [5.41, 5.74) is 0. The first-order valence-electron chi connectivity index (χ1n) is 6.05. The van der Waals surface area contributed by atoms with Gasteiger partial charge in [-0.15, -0.1) is 0 Å². The standard InChI is InChI=1S/C12H20N2O2/c1-9(15)10-4-6-14(8-10)12(16)11-3-5-13(2)7-11/h10-11H,3-8H2,1-2H3/t10-,11-/m0/s1. The van der Waals surface area contributed by atoms with E-state index < -0.39 is 0 Å². The van der Waals surface area contributed by atoms with E-state index in [1.54, 1.807) is 6.92 Å². The quantitative estimate of drug-likeness (QED) is 0.680. The third-order valence-electron chi connectivity index (χ3n) is 3.82. The van der Waals surface area contributed by atoms with Crippen LogP contribution in [0.25, 0.3) is 0 Å². The van der Waals surface area contributed by atoms with Gasteiger partial charge < -0.3 is 9.80 Å². The zero-order valence-electron chi connectivity index (χ0n) is 10.1. The van der Waals surface area contributed by atoms with Crippen molar-refractivity contribution in [3.8, 4) is 0 Å². The number of rotatable bonds is 2. The summed E-state index contributed by atoms with van der Waals surface area (Å²) < 4.78 is 0. The third kappa shape index (κ3) is 2.26. The van der Waals surface area contributed by atoms with Gasteiger partial charge in [0.15, 0.2) is 0 Å². The predicted octanol–water partition coefficient (Wildman–Crippen LogP) is 0.376. The minimum absolute atomic E-state index is 0.0862. The van der Waals surface area contributed by atoms with Crippen molar-refractivity contribution >= 4 is 11.7 Å². The van der Waals surface area contributed by atoms with Gasteiger partial charge in [0.05, 0.1) is 5.92 Å². The largest absolute Gasteiger partial charge is 0.342 e. The van der Waals surface area contributed by atoms with Crippen LogP contribution in [0.2, 0.25) is 0 Å². The Bertz CT molecular complexity index is 303. The Labute approximate surface area is 96.6 Å². The maximum atomic E-state index is 12.1. The van der Waals surface area contributed by atoms with Crippen LogP contribution in [0.15, 0.2) is 0 Å². The van der Waals surface area contributed by atoms with E-state index in [2.05, 4.69) is 11.9 Å². The highest BCUT2D eigenvalue weighted by Gasteiger charge is 2.34. The van der Waals surface area contributed by atoms with Crippen molar-refractivity contribution in [2.45, 2.75) is 19.8 Å². The molecule has 2 atom stereocenters. The van der Waals surface area contributed by atoms with E-state index in [9.17, 15) is 9.59 Å². The van der Waals surface area contributed by atoms with E-state index in [1.807, 2.05) is 4.90 Å². The minimum atomic E-state index is 0.0862. The SMILES string of the molecule is CC(=O)[C@H]1CCN(C(=O)[C@H]2CCN(C)C2)C1. The molecule has 0 aromatic rings. The fraction of sp³-hybridized carbons (Fsp3) is 0.833. The molecule has 90 valence electrons. The molecule has 0 unspecified atom stereocenters. The number of nitrogens with zero attached hydrogens (tertiary/aromatic N) is 2. The zero-order chi connectivity index (χ0) is 11.7. The van der Waals surface area contributed by atoms with Gasteiger partial charge in [-0.2, -0.15) is 0 Å². The smallest absolute Gasteiger partial charge is 0.227 e. The summed E-state index contributed by atoms with van der Waals surface area (Å²) in [6.07, 6.45) is 1.82. The lowest BCUT2D eigenvalue weighted by molar-refractivity contribution is -0.134. The lowest BCUT2D eigenvalue weighted by atomic mass is 10.1. The molecule has 2 rings (SSSR count). The highest BCUT2D eigenvalue weighted by molar-refractivity contribution is 5.83. The fourth-order valence-corrected chi connectivity index (χ4v) is 2.69. The second kappa shape index (κ2) is 4.53. The van der Waals surface area contributed by atoms with Crippen LogP contribution in [0.1, 0.15) is 19.8 Å². The molecule has 0 spiro atoms. The number of likely N-dealkylation sites (tertiary alicyclic amines) is 2. The van der Waals surface area contributed by atoms with E-state index in [1.165, 1.54) is 0 Å². The van der Waals surface area contributed by atoms with Gasteiger partial charge in [0.2, 0.25) is 5.91 Å². The molecule has 0 N–H and O–H groups in total. The Hall–Kier alpha value is -0.900. The number of carbonyl (C=O) groups is 2. The summed E-state index contributed by atoms with van der Waals surface area (Å²) in [5.74, 6) is 0.728. The molecule has 2 aliphatic heterocycles. The Morgan fingerprint density at radius 1 is 1.06 bits per heavy atom.